The van der Waals surface area contributed by atoms with Crippen molar-refractivity contribution in [2.45, 2.75) is 4.90 Å². The maximum Gasteiger partial charge on any atom is 0.201 e. The number of carbonyl (C=O) groups is 1. The minimum Gasteiger partial charge on any atom is -0.288 e. The van der Waals surface area contributed by atoms with E-state index < -0.39 is 0 Å². The highest BCUT2D eigenvalue weighted by atomic mass is 32.2. The van der Waals surface area contributed by atoms with E-state index in [1.807, 2.05) is 24.3 Å². The number of fused-ring (bicyclic) bond motifs is 5. The van der Waals surface area contributed by atoms with Crippen molar-refractivity contribution in [2.24, 2.45) is 0 Å². The minimum atomic E-state index is 0.140. The van der Waals surface area contributed by atoms with Gasteiger partial charge in [-0.15, -0.1) is 0 Å². The molecule has 0 saturated heterocycles. The lowest BCUT2D eigenvalue weighted by molar-refractivity contribution is 0.104. The van der Waals surface area contributed by atoms with Crippen LogP contribution in [0.15, 0.2) is 94.7 Å². The summed E-state index contributed by atoms with van der Waals surface area (Å²) in [4.78, 5) is 15.1. The largest absolute Gasteiger partial charge is 0.288 e. The molecule has 1 heterocycles. The quantitative estimate of drug-likeness (QED) is 0.290. The normalized spacial score (nSPS) is 17.1. The molecule has 0 N–H and O–H groups in total. The Morgan fingerprint density at radius 2 is 1.15 bits per heavy atom. The number of hydrogen-bond acceptors (Lipinski definition) is 2. The first-order valence-corrected chi connectivity index (χ1v) is 9.82. The van der Waals surface area contributed by atoms with Crippen LogP contribution >= 0.6 is 11.8 Å². The summed E-state index contributed by atoms with van der Waals surface area (Å²) in [5.41, 5.74) is 6.65. The monoisotopic (exact) mass is 362 g/mol. The van der Waals surface area contributed by atoms with E-state index in [1.54, 1.807) is 11.8 Å². The number of hydrogen-bond donors (Lipinski definition) is 0. The smallest absolute Gasteiger partial charge is 0.201 e. The maximum absolute atomic E-state index is 13.2. The lowest BCUT2D eigenvalue weighted by Gasteiger charge is -2.08. The van der Waals surface area contributed by atoms with Crippen LogP contribution in [0.25, 0.3) is 27.5 Å². The van der Waals surface area contributed by atoms with Gasteiger partial charge in [0, 0.05) is 16.0 Å². The van der Waals surface area contributed by atoms with E-state index in [0.717, 1.165) is 26.5 Å². The van der Waals surface area contributed by atoms with Crippen molar-refractivity contribution >= 4 is 33.9 Å². The van der Waals surface area contributed by atoms with Gasteiger partial charge >= 0.3 is 0 Å². The molecule has 0 aromatic heterocycles. The first kappa shape index (κ1) is 15.0. The summed E-state index contributed by atoms with van der Waals surface area (Å²) in [6.07, 6.45) is 0. The Balaban J connectivity index is 1.70. The number of Topliss-reactive ketones (excluding diaryl/α,β-unsaturated/α-hetero) is 1. The van der Waals surface area contributed by atoms with Crippen LogP contribution in [0.4, 0.5) is 0 Å². The Morgan fingerprint density at radius 3 is 1.89 bits per heavy atom. The number of ketones is 1. The molecule has 0 bridgehead atoms. The van der Waals surface area contributed by atoms with Gasteiger partial charge in [-0.2, -0.15) is 0 Å². The van der Waals surface area contributed by atoms with E-state index >= 15 is 0 Å². The molecule has 126 valence electrons. The van der Waals surface area contributed by atoms with Crippen molar-refractivity contribution in [3.05, 3.63) is 107 Å². The van der Waals surface area contributed by atoms with Crippen molar-refractivity contribution in [2.75, 3.05) is 0 Å². The second-order valence-corrected chi connectivity index (χ2v) is 7.97. The van der Waals surface area contributed by atoms with Gasteiger partial charge in [0.05, 0.1) is 4.91 Å². The van der Waals surface area contributed by atoms with Gasteiger partial charge in [0.1, 0.15) is 0 Å². The lowest BCUT2D eigenvalue weighted by Crippen LogP contribution is -1.97. The molecular weight excluding hydrogens is 348 g/mol. The van der Waals surface area contributed by atoms with E-state index in [-0.39, 0.29) is 5.78 Å². The standard InChI is InChI=1S/C25H14OS/c26-24-19-11-5-6-12-22(19)27-25(24)23-18-10-4-3-9-17(18)20-13-15-7-1-2-8-16(15)14-21(20)23/h1-14H/b25-23-. The molecule has 0 saturated carbocycles. The van der Waals surface area contributed by atoms with Crippen LogP contribution in [0.3, 0.4) is 0 Å². The van der Waals surface area contributed by atoms with Crippen LogP contribution in [0.1, 0.15) is 21.5 Å². The van der Waals surface area contributed by atoms with Gasteiger partial charge in [-0.1, -0.05) is 72.4 Å². The third kappa shape index (κ3) is 2.05. The molecule has 4 aromatic rings. The first-order valence-electron chi connectivity index (χ1n) is 9.00. The molecule has 1 nitrogen and oxygen atoms in total. The zero-order valence-corrected chi connectivity index (χ0v) is 15.2. The van der Waals surface area contributed by atoms with Crippen LogP contribution in [-0.4, -0.2) is 5.78 Å². The Bertz CT molecular complexity index is 1310. The third-order valence-electron chi connectivity index (χ3n) is 5.42. The topological polar surface area (TPSA) is 17.1 Å². The van der Waals surface area contributed by atoms with Crippen molar-refractivity contribution in [3.63, 3.8) is 0 Å². The average Bonchev–Trinajstić information content (AvgIpc) is 3.21. The van der Waals surface area contributed by atoms with Gasteiger partial charge in [0.15, 0.2) is 0 Å². The Kier molecular flexibility index (Phi) is 3.03. The molecule has 0 amide bonds. The molecule has 0 spiro atoms. The molecule has 1 aliphatic carbocycles. The molecule has 0 radical (unpaired) electrons. The Hall–Kier alpha value is -3.10. The van der Waals surface area contributed by atoms with Crippen molar-refractivity contribution < 1.29 is 4.79 Å². The number of rotatable bonds is 0. The predicted octanol–water partition coefficient (Wildman–Crippen LogP) is 6.57. The number of thioether (sulfide) groups is 1. The minimum absolute atomic E-state index is 0.140. The summed E-state index contributed by atoms with van der Waals surface area (Å²) < 4.78 is 0. The van der Waals surface area contributed by atoms with Crippen LogP contribution in [0.5, 0.6) is 0 Å². The summed E-state index contributed by atoms with van der Waals surface area (Å²) in [5, 5.41) is 2.43. The van der Waals surface area contributed by atoms with E-state index in [4.69, 9.17) is 0 Å². The number of carbonyl (C=O) groups excluding carboxylic acids is 1. The highest BCUT2D eigenvalue weighted by Crippen LogP contribution is 2.52. The number of benzene rings is 4. The molecule has 4 aromatic carbocycles. The predicted molar refractivity (Wildman–Crippen MR) is 112 cm³/mol. The molecule has 0 fully saturated rings. The van der Waals surface area contributed by atoms with Crippen LogP contribution in [-0.2, 0) is 0 Å². The lowest BCUT2D eigenvalue weighted by atomic mass is 9.98. The van der Waals surface area contributed by atoms with Crippen molar-refractivity contribution in [1.82, 2.24) is 0 Å². The van der Waals surface area contributed by atoms with E-state index in [0.29, 0.717) is 0 Å². The molecule has 0 atom stereocenters. The van der Waals surface area contributed by atoms with Gasteiger partial charge < -0.3 is 0 Å². The van der Waals surface area contributed by atoms with Gasteiger partial charge in [0.2, 0.25) is 5.78 Å². The van der Waals surface area contributed by atoms with Crippen LogP contribution in [0.2, 0.25) is 0 Å². The summed E-state index contributed by atoms with van der Waals surface area (Å²) in [6, 6.07) is 29.3. The molecule has 27 heavy (non-hydrogen) atoms. The highest BCUT2D eigenvalue weighted by Gasteiger charge is 2.34. The zero-order valence-electron chi connectivity index (χ0n) is 14.4. The molecular formula is C25H14OS. The fourth-order valence-electron chi connectivity index (χ4n) is 4.18. The summed E-state index contributed by atoms with van der Waals surface area (Å²) in [5.74, 6) is 0.140. The molecule has 2 aliphatic rings. The van der Waals surface area contributed by atoms with Gasteiger partial charge in [-0.3, -0.25) is 4.79 Å². The number of allylic oxidation sites excluding steroid dienone is 1. The molecule has 0 unspecified atom stereocenters. The Morgan fingerprint density at radius 1 is 0.556 bits per heavy atom. The molecule has 1 aliphatic heterocycles. The fourth-order valence-corrected chi connectivity index (χ4v) is 5.34. The second-order valence-electron chi connectivity index (χ2n) is 6.92. The van der Waals surface area contributed by atoms with Gasteiger partial charge in [-0.05, 0) is 57.3 Å². The Labute approximate surface area is 161 Å². The fraction of sp³-hybridized carbons (Fsp3) is 0. The summed E-state index contributed by atoms with van der Waals surface area (Å²) in [6.45, 7) is 0. The van der Waals surface area contributed by atoms with E-state index in [1.165, 1.54) is 27.5 Å². The van der Waals surface area contributed by atoms with Crippen LogP contribution < -0.4 is 0 Å². The highest BCUT2D eigenvalue weighted by molar-refractivity contribution is 8.05. The maximum atomic E-state index is 13.2. The van der Waals surface area contributed by atoms with Crippen LogP contribution in [0, 0.1) is 0 Å². The van der Waals surface area contributed by atoms with Gasteiger partial charge in [-0.25, -0.2) is 0 Å². The average molecular weight is 362 g/mol. The van der Waals surface area contributed by atoms with E-state index in [9.17, 15) is 4.79 Å². The SMILES string of the molecule is O=C1/C(=C2\c3ccccc3-c3cc4ccccc4cc32)Sc2ccccc21. The first-order chi connectivity index (χ1) is 13.3. The summed E-state index contributed by atoms with van der Waals surface area (Å²) >= 11 is 1.60. The van der Waals surface area contributed by atoms with Crippen molar-refractivity contribution in [1.29, 1.82) is 0 Å². The van der Waals surface area contributed by atoms with Crippen molar-refractivity contribution in [3.8, 4) is 11.1 Å². The van der Waals surface area contributed by atoms with Gasteiger partial charge in [0.25, 0.3) is 0 Å². The zero-order chi connectivity index (χ0) is 18.0. The second kappa shape index (κ2) is 5.45. The summed E-state index contributed by atoms with van der Waals surface area (Å²) in [7, 11) is 0. The molecule has 6 rings (SSSR count). The molecule has 2 heteroatoms. The third-order valence-corrected chi connectivity index (χ3v) is 6.59. The van der Waals surface area contributed by atoms with E-state index in [2.05, 4.69) is 60.7 Å².